The van der Waals surface area contributed by atoms with Crippen LogP contribution < -0.4 is 5.32 Å². The predicted octanol–water partition coefficient (Wildman–Crippen LogP) is 4.75. The van der Waals surface area contributed by atoms with Gasteiger partial charge in [0.05, 0.1) is 18.3 Å². The number of aryl methyl sites for hydroxylation is 1. The number of hydrogen-bond donors (Lipinski definition) is 1. The lowest BCUT2D eigenvalue weighted by molar-refractivity contribution is 0.156. The molecule has 150 valence electrons. The second-order valence-electron chi connectivity index (χ2n) is 6.88. The first-order chi connectivity index (χ1) is 14.2. The van der Waals surface area contributed by atoms with Crippen LogP contribution in [0.1, 0.15) is 29.1 Å². The SMILES string of the molecule is COCCN1C(=S)NC(c2ccccn2)C1c1ccc(Sc2ccc(C)cc2)o1. The van der Waals surface area contributed by atoms with E-state index in [-0.39, 0.29) is 12.1 Å². The number of rotatable bonds is 7. The van der Waals surface area contributed by atoms with Crippen LogP contribution in [0.5, 0.6) is 0 Å². The Morgan fingerprint density at radius 3 is 2.72 bits per heavy atom. The number of aromatic nitrogens is 1. The van der Waals surface area contributed by atoms with Crippen molar-refractivity contribution in [2.75, 3.05) is 20.3 Å². The van der Waals surface area contributed by atoms with Crippen molar-refractivity contribution in [3.8, 4) is 0 Å². The molecule has 29 heavy (non-hydrogen) atoms. The Bertz CT molecular complexity index is 960. The molecule has 2 aromatic heterocycles. The monoisotopic (exact) mass is 425 g/mol. The largest absolute Gasteiger partial charge is 0.452 e. The summed E-state index contributed by atoms with van der Waals surface area (Å²) in [7, 11) is 1.70. The van der Waals surface area contributed by atoms with Gasteiger partial charge in [-0.05, 0) is 55.5 Å². The Hall–Kier alpha value is -2.35. The Morgan fingerprint density at radius 1 is 1.17 bits per heavy atom. The van der Waals surface area contributed by atoms with E-state index >= 15 is 0 Å². The van der Waals surface area contributed by atoms with Gasteiger partial charge in [-0.3, -0.25) is 4.98 Å². The molecule has 0 bridgehead atoms. The van der Waals surface area contributed by atoms with Crippen LogP contribution in [0, 0.1) is 6.92 Å². The molecule has 3 aromatic rings. The van der Waals surface area contributed by atoms with E-state index in [0.717, 1.165) is 21.4 Å². The second kappa shape index (κ2) is 8.98. The first kappa shape index (κ1) is 19.9. The fraction of sp³-hybridized carbons (Fsp3) is 0.273. The number of benzene rings is 1. The van der Waals surface area contributed by atoms with Gasteiger partial charge in [-0.2, -0.15) is 0 Å². The molecule has 5 nitrogen and oxygen atoms in total. The van der Waals surface area contributed by atoms with Crippen LogP contribution in [0.4, 0.5) is 0 Å². The van der Waals surface area contributed by atoms with Gasteiger partial charge in [0.15, 0.2) is 10.2 Å². The molecule has 0 saturated carbocycles. The summed E-state index contributed by atoms with van der Waals surface area (Å²) in [5, 5.41) is 4.96. The molecule has 4 rings (SSSR count). The highest BCUT2D eigenvalue weighted by atomic mass is 32.2. The number of methoxy groups -OCH3 is 1. The van der Waals surface area contributed by atoms with E-state index in [1.165, 1.54) is 5.56 Å². The van der Waals surface area contributed by atoms with E-state index in [1.807, 2.05) is 30.3 Å². The molecule has 1 saturated heterocycles. The van der Waals surface area contributed by atoms with Crippen molar-refractivity contribution in [1.82, 2.24) is 15.2 Å². The van der Waals surface area contributed by atoms with Crippen molar-refractivity contribution in [3.63, 3.8) is 0 Å². The molecule has 1 fully saturated rings. The summed E-state index contributed by atoms with van der Waals surface area (Å²) in [4.78, 5) is 7.81. The highest BCUT2D eigenvalue weighted by molar-refractivity contribution is 7.99. The molecular formula is C22H23N3O2S2. The Kier molecular flexibility index (Phi) is 6.18. The molecule has 2 unspecified atom stereocenters. The lowest BCUT2D eigenvalue weighted by Gasteiger charge is -2.25. The highest BCUT2D eigenvalue weighted by Gasteiger charge is 2.41. The van der Waals surface area contributed by atoms with Crippen LogP contribution >= 0.6 is 24.0 Å². The van der Waals surface area contributed by atoms with E-state index in [4.69, 9.17) is 21.4 Å². The number of nitrogens with one attached hydrogen (secondary N) is 1. The number of pyridine rings is 1. The maximum atomic E-state index is 6.27. The summed E-state index contributed by atoms with van der Waals surface area (Å²) in [5.74, 6) is 0.860. The molecule has 1 N–H and O–H groups in total. The molecule has 1 aliphatic rings. The van der Waals surface area contributed by atoms with Gasteiger partial charge in [0.25, 0.3) is 0 Å². The minimum atomic E-state index is -0.0834. The van der Waals surface area contributed by atoms with Gasteiger partial charge in [0.1, 0.15) is 11.8 Å². The van der Waals surface area contributed by atoms with Crippen LogP contribution in [0.2, 0.25) is 0 Å². The van der Waals surface area contributed by atoms with Crippen molar-refractivity contribution in [3.05, 3.63) is 77.8 Å². The zero-order chi connectivity index (χ0) is 20.2. The van der Waals surface area contributed by atoms with E-state index in [0.29, 0.717) is 18.3 Å². The van der Waals surface area contributed by atoms with Crippen LogP contribution in [0.3, 0.4) is 0 Å². The summed E-state index contributed by atoms with van der Waals surface area (Å²) in [5.41, 5.74) is 2.18. The Balaban J connectivity index is 1.62. The van der Waals surface area contributed by atoms with E-state index < -0.39 is 0 Å². The van der Waals surface area contributed by atoms with Gasteiger partial charge in [0, 0.05) is 24.7 Å². The summed E-state index contributed by atoms with van der Waals surface area (Å²) in [6.07, 6.45) is 1.80. The molecule has 1 aliphatic heterocycles. The molecule has 0 radical (unpaired) electrons. The van der Waals surface area contributed by atoms with Crippen LogP contribution in [0.15, 0.2) is 75.2 Å². The first-order valence-electron chi connectivity index (χ1n) is 9.47. The minimum Gasteiger partial charge on any atom is -0.452 e. The van der Waals surface area contributed by atoms with Gasteiger partial charge in [-0.25, -0.2) is 0 Å². The van der Waals surface area contributed by atoms with Crippen molar-refractivity contribution in [2.45, 2.75) is 29.0 Å². The quantitative estimate of drug-likeness (QED) is 0.548. The standard InChI is InChI=1S/C22H23N3O2S2/c1-15-6-8-16(9-7-15)29-19-11-10-18(27-19)21-20(17-5-3-4-12-23-17)24-22(28)25(21)13-14-26-2/h3-12,20-21H,13-14H2,1-2H3,(H,24,28). The fourth-order valence-corrected chi connectivity index (χ4v) is 4.53. The van der Waals surface area contributed by atoms with E-state index in [1.54, 1.807) is 25.1 Å². The molecule has 1 aromatic carbocycles. The van der Waals surface area contributed by atoms with Crippen molar-refractivity contribution in [1.29, 1.82) is 0 Å². The summed E-state index contributed by atoms with van der Waals surface area (Å²) < 4.78 is 11.6. The van der Waals surface area contributed by atoms with Crippen LogP contribution in [-0.2, 0) is 4.74 Å². The highest BCUT2D eigenvalue weighted by Crippen LogP contribution is 2.41. The maximum Gasteiger partial charge on any atom is 0.170 e. The molecule has 3 heterocycles. The van der Waals surface area contributed by atoms with Crippen molar-refractivity contribution < 1.29 is 9.15 Å². The number of furan rings is 1. The number of ether oxygens (including phenoxy) is 1. The third kappa shape index (κ3) is 4.47. The van der Waals surface area contributed by atoms with E-state index in [9.17, 15) is 0 Å². The first-order valence-corrected chi connectivity index (χ1v) is 10.7. The third-order valence-electron chi connectivity index (χ3n) is 4.87. The average molecular weight is 426 g/mol. The summed E-state index contributed by atoms with van der Waals surface area (Å²) in [6, 6.07) is 18.2. The Labute approximate surface area is 180 Å². The van der Waals surface area contributed by atoms with Gasteiger partial charge in [-0.15, -0.1) is 0 Å². The maximum absolute atomic E-state index is 6.27. The number of thiocarbonyl (C=S) groups is 1. The fourth-order valence-electron chi connectivity index (χ4n) is 3.42. The molecular weight excluding hydrogens is 402 g/mol. The number of nitrogens with zero attached hydrogens (tertiary/aromatic N) is 2. The van der Waals surface area contributed by atoms with E-state index in [2.05, 4.69) is 46.4 Å². The van der Waals surface area contributed by atoms with Gasteiger partial charge in [-0.1, -0.05) is 35.5 Å². The van der Waals surface area contributed by atoms with Gasteiger partial charge in [0.2, 0.25) is 0 Å². The van der Waals surface area contributed by atoms with Crippen molar-refractivity contribution >= 4 is 29.1 Å². The average Bonchev–Trinajstić information content (AvgIpc) is 3.32. The second-order valence-corrected chi connectivity index (χ2v) is 8.35. The van der Waals surface area contributed by atoms with Gasteiger partial charge >= 0.3 is 0 Å². The smallest absolute Gasteiger partial charge is 0.170 e. The predicted molar refractivity (Wildman–Crippen MR) is 118 cm³/mol. The molecule has 0 amide bonds. The third-order valence-corrected chi connectivity index (χ3v) is 6.15. The molecule has 0 spiro atoms. The lowest BCUT2D eigenvalue weighted by Crippen LogP contribution is -2.32. The molecule has 0 aliphatic carbocycles. The van der Waals surface area contributed by atoms with Crippen LogP contribution in [0.25, 0.3) is 0 Å². The minimum absolute atomic E-state index is 0.0797. The van der Waals surface area contributed by atoms with Gasteiger partial charge < -0.3 is 19.4 Å². The summed E-state index contributed by atoms with van der Waals surface area (Å²) in [6.45, 7) is 3.35. The molecule has 2 atom stereocenters. The lowest BCUT2D eigenvalue weighted by atomic mass is 10.0. The molecule has 7 heteroatoms. The normalized spacial score (nSPS) is 18.8. The Morgan fingerprint density at radius 2 is 2.00 bits per heavy atom. The van der Waals surface area contributed by atoms with Crippen molar-refractivity contribution in [2.24, 2.45) is 0 Å². The topological polar surface area (TPSA) is 50.5 Å². The zero-order valence-electron chi connectivity index (χ0n) is 16.4. The summed E-state index contributed by atoms with van der Waals surface area (Å²) >= 11 is 7.23. The number of hydrogen-bond acceptors (Lipinski definition) is 5. The zero-order valence-corrected chi connectivity index (χ0v) is 18.0. The van der Waals surface area contributed by atoms with Crippen LogP contribution in [-0.4, -0.2) is 35.3 Å².